The van der Waals surface area contributed by atoms with Crippen LogP contribution in [0, 0.1) is 5.92 Å². The number of aliphatic imine (C=N–C) groups is 1. The molecule has 0 radical (unpaired) electrons. The van der Waals surface area contributed by atoms with Gasteiger partial charge in [-0.2, -0.15) is 0 Å². The minimum atomic E-state index is -0.923. The molecule has 0 N–H and O–H groups in total. The van der Waals surface area contributed by atoms with Crippen molar-refractivity contribution < 1.29 is 14.3 Å². The Kier molecular flexibility index (Phi) is 4.37. The summed E-state index contributed by atoms with van der Waals surface area (Å²) in [4.78, 5) is 28.0. The Morgan fingerprint density at radius 2 is 2.19 bits per heavy atom. The maximum Gasteiger partial charge on any atom is 0.322 e. The van der Waals surface area contributed by atoms with E-state index in [2.05, 4.69) is 9.73 Å². The summed E-state index contributed by atoms with van der Waals surface area (Å²) in [6, 6.07) is 3.45. The first-order chi connectivity index (χ1) is 7.61. The summed E-state index contributed by atoms with van der Waals surface area (Å²) < 4.78 is 4.62. The fourth-order valence-electron chi connectivity index (χ4n) is 1.28. The van der Waals surface area contributed by atoms with E-state index in [1.54, 1.807) is 31.5 Å². The van der Waals surface area contributed by atoms with Gasteiger partial charge in [0, 0.05) is 12.8 Å². The summed E-state index contributed by atoms with van der Waals surface area (Å²) >= 11 is 1.30. The number of ketones is 1. The van der Waals surface area contributed by atoms with Crippen molar-refractivity contribution in [3.05, 3.63) is 22.4 Å². The molecule has 0 saturated heterocycles. The van der Waals surface area contributed by atoms with E-state index < -0.39 is 11.9 Å². The van der Waals surface area contributed by atoms with Gasteiger partial charge in [-0.1, -0.05) is 6.07 Å². The molecule has 1 rings (SSSR count). The third-order valence-corrected chi connectivity index (χ3v) is 3.12. The van der Waals surface area contributed by atoms with Crippen LogP contribution in [0.5, 0.6) is 0 Å². The standard InChI is InChI=1S/C11H13NO3S/c1-7(12-2)9(11(14)15-3)10(13)8-5-4-6-16-8/h4-6,9H,1-3H3. The Labute approximate surface area is 98.0 Å². The van der Waals surface area contributed by atoms with Gasteiger partial charge >= 0.3 is 5.97 Å². The number of esters is 1. The monoisotopic (exact) mass is 239 g/mol. The van der Waals surface area contributed by atoms with E-state index in [9.17, 15) is 9.59 Å². The smallest absolute Gasteiger partial charge is 0.322 e. The summed E-state index contributed by atoms with van der Waals surface area (Å²) in [7, 11) is 2.81. The van der Waals surface area contributed by atoms with E-state index >= 15 is 0 Å². The molecule has 0 fully saturated rings. The average Bonchev–Trinajstić information content (AvgIpc) is 2.81. The Hall–Kier alpha value is -1.49. The first-order valence-electron chi connectivity index (χ1n) is 4.70. The fourth-order valence-corrected chi connectivity index (χ4v) is 1.97. The molecular weight excluding hydrogens is 226 g/mol. The highest BCUT2D eigenvalue weighted by Crippen LogP contribution is 2.17. The van der Waals surface area contributed by atoms with E-state index in [0.717, 1.165) is 0 Å². The molecular formula is C11H13NO3S. The van der Waals surface area contributed by atoms with E-state index in [-0.39, 0.29) is 5.78 Å². The number of hydrogen-bond acceptors (Lipinski definition) is 5. The van der Waals surface area contributed by atoms with Gasteiger partial charge in [0.15, 0.2) is 11.7 Å². The molecule has 5 heteroatoms. The first-order valence-corrected chi connectivity index (χ1v) is 5.58. The third-order valence-electron chi connectivity index (χ3n) is 2.23. The number of methoxy groups -OCH3 is 1. The molecule has 1 atom stereocenters. The number of carbonyl (C=O) groups excluding carboxylic acids is 2. The van der Waals surface area contributed by atoms with Crippen molar-refractivity contribution in [2.24, 2.45) is 10.9 Å². The molecule has 0 aliphatic carbocycles. The summed E-state index contributed by atoms with van der Waals surface area (Å²) in [6.45, 7) is 1.65. The zero-order valence-corrected chi connectivity index (χ0v) is 10.2. The van der Waals surface area contributed by atoms with Crippen molar-refractivity contribution in [2.75, 3.05) is 14.2 Å². The van der Waals surface area contributed by atoms with Gasteiger partial charge in [0.05, 0.1) is 12.0 Å². The van der Waals surface area contributed by atoms with Crippen LogP contribution in [0.4, 0.5) is 0 Å². The number of rotatable bonds is 4. The second-order valence-electron chi connectivity index (χ2n) is 3.16. The summed E-state index contributed by atoms with van der Waals surface area (Å²) in [6.07, 6.45) is 0. The highest BCUT2D eigenvalue weighted by atomic mass is 32.1. The molecule has 0 aromatic carbocycles. The van der Waals surface area contributed by atoms with Crippen LogP contribution in [-0.4, -0.2) is 31.6 Å². The van der Waals surface area contributed by atoms with Crippen LogP contribution in [0.25, 0.3) is 0 Å². The lowest BCUT2D eigenvalue weighted by atomic mass is 9.98. The Balaban J connectivity index is 3.03. The number of Topliss-reactive ketones (excluding diaryl/α,β-unsaturated/α-hetero) is 1. The second-order valence-corrected chi connectivity index (χ2v) is 4.11. The van der Waals surface area contributed by atoms with Gasteiger partial charge in [-0.15, -0.1) is 11.3 Å². The molecule has 1 aromatic heterocycles. The predicted molar refractivity (Wildman–Crippen MR) is 63.2 cm³/mol. The quantitative estimate of drug-likeness (QED) is 0.348. The highest BCUT2D eigenvalue weighted by Gasteiger charge is 2.31. The van der Waals surface area contributed by atoms with Crippen LogP contribution < -0.4 is 0 Å². The molecule has 0 amide bonds. The Morgan fingerprint density at radius 1 is 1.50 bits per heavy atom. The average molecular weight is 239 g/mol. The van der Waals surface area contributed by atoms with Gasteiger partial charge < -0.3 is 4.74 Å². The molecule has 1 heterocycles. The Morgan fingerprint density at radius 3 is 2.62 bits per heavy atom. The van der Waals surface area contributed by atoms with Crippen LogP contribution in [0.15, 0.2) is 22.5 Å². The molecule has 0 aliphatic heterocycles. The van der Waals surface area contributed by atoms with Crippen molar-refractivity contribution in [1.82, 2.24) is 0 Å². The largest absolute Gasteiger partial charge is 0.468 e. The van der Waals surface area contributed by atoms with Gasteiger partial charge in [-0.25, -0.2) is 0 Å². The SMILES string of the molecule is CN=C(C)C(C(=O)OC)C(=O)c1cccs1. The van der Waals surface area contributed by atoms with Crippen LogP contribution in [0.3, 0.4) is 0 Å². The lowest BCUT2D eigenvalue weighted by molar-refractivity contribution is -0.141. The van der Waals surface area contributed by atoms with Crippen molar-refractivity contribution in [2.45, 2.75) is 6.92 Å². The number of hydrogen-bond donors (Lipinski definition) is 0. The first kappa shape index (κ1) is 12.6. The van der Waals surface area contributed by atoms with Crippen LogP contribution >= 0.6 is 11.3 Å². The molecule has 1 aromatic rings. The molecule has 0 bridgehead atoms. The zero-order chi connectivity index (χ0) is 12.1. The fraction of sp³-hybridized carbons (Fsp3) is 0.364. The Bertz CT molecular complexity index is 409. The second kappa shape index (κ2) is 5.55. The van der Waals surface area contributed by atoms with Gasteiger partial charge in [0.2, 0.25) is 0 Å². The summed E-state index contributed by atoms with van der Waals surface area (Å²) in [5.74, 6) is -1.75. The highest BCUT2D eigenvalue weighted by molar-refractivity contribution is 7.12. The van der Waals surface area contributed by atoms with Crippen LogP contribution in [0.1, 0.15) is 16.6 Å². The number of ether oxygens (including phenoxy) is 1. The number of nitrogens with zero attached hydrogens (tertiary/aromatic N) is 1. The van der Waals surface area contributed by atoms with Gasteiger partial charge in [-0.3, -0.25) is 14.6 Å². The van der Waals surface area contributed by atoms with E-state index in [1.165, 1.54) is 18.4 Å². The van der Waals surface area contributed by atoms with Crippen molar-refractivity contribution in [3.8, 4) is 0 Å². The lowest BCUT2D eigenvalue weighted by Crippen LogP contribution is -2.31. The van der Waals surface area contributed by atoms with Crippen molar-refractivity contribution in [3.63, 3.8) is 0 Å². The summed E-state index contributed by atoms with van der Waals surface area (Å²) in [5.41, 5.74) is 0.463. The number of thiophene rings is 1. The summed E-state index contributed by atoms with van der Waals surface area (Å²) in [5, 5.41) is 1.79. The van der Waals surface area contributed by atoms with E-state index in [1.807, 2.05) is 0 Å². The molecule has 16 heavy (non-hydrogen) atoms. The predicted octanol–water partition coefficient (Wildman–Crippen LogP) is 1.81. The van der Waals surface area contributed by atoms with Crippen LogP contribution in [0.2, 0.25) is 0 Å². The molecule has 86 valence electrons. The topological polar surface area (TPSA) is 55.7 Å². The molecule has 0 saturated carbocycles. The minimum absolute atomic E-state index is 0.259. The van der Waals surface area contributed by atoms with Crippen molar-refractivity contribution in [1.29, 1.82) is 0 Å². The van der Waals surface area contributed by atoms with E-state index in [0.29, 0.717) is 10.6 Å². The van der Waals surface area contributed by atoms with Gasteiger partial charge in [0.25, 0.3) is 0 Å². The third kappa shape index (κ3) is 2.55. The van der Waals surface area contributed by atoms with Gasteiger partial charge in [-0.05, 0) is 18.4 Å². The molecule has 0 spiro atoms. The minimum Gasteiger partial charge on any atom is -0.468 e. The van der Waals surface area contributed by atoms with E-state index in [4.69, 9.17) is 0 Å². The molecule has 4 nitrogen and oxygen atoms in total. The molecule has 0 aliphatic rings. The number of carbonyl (C=O) groups is 2. The normalized spacial score (nSPS) is 13.3. The maximum absolute atomic E-state index is 12.0. The molecule has 1 unspecified atom stereocenters. The van der Waals surface area contributed by atoms with Crippen molar-refractivity contribution >= 4 is 28.8 Å². The lowest BCUT2D eigenvalue weighted by Gasteiger charge is -2.11. The zero-order valence-electron chi connectivity index (χ0n) is 9.39. The van der Waals surface area contributed by atoms with Crippen LogP contribution in [-0.2, 0) is 9.53 Å². The van der Waals surface area contributed by atoms with Gasteiger partial charge in [0.1, 0.15) is 0 Å². The maximum atomic E-state index is 12.0.